The Balaban J connectivity index is 1.96. The SMILES string of the molecule is COc1ccc([C@H](C)NCc2ccc(F)c(Cl)c2)cc1. The maximum absolute atomic E-state index is 13.1. The average Bonchev–Trinajstić information content (AvgIpc) is 2.48. The van der Waals surface area contributed by atoms with E-state index in [1.807, 2.05) is 24.3 Å². The van der Waals surface area contributed by atoms with E-state index < -0.39 is 5.82 Å². The van der Waals surface area contributed by atoms with Crippen molar-refractivity contribution in [1.82, 2.24) is 5.32 Å². The van der Waals surface area contributed by atoms with Crippen LogP contribution in [0, 0.1) is 5.82 Å². The number of benzene rings is 2. The van der Waals surface area contributed by atoms with Gasteiger partial charge in [0.1, 0.15) is 11.6 Å². The van der Waals surface area contributed by atoms with Crippen LogP contribution in [-0.4, -0.2) is 7.11 Å². The molecule has 0 bridgehead atoms. The van der Waals surface area contributed by atoms with E-state index in [1.165, 1.54) is 11.6 Å². The number of nitrogens with one attached hydrogen (secondary N) is 1. The molecule has 0 radical (unpaired) electrons. The van der Waals surface area contributed by atoms with Crippen LogP contribution in [0.4, 0.5) is 4.39 Å². The molecule has 0 aromatic heterocycles. The minimum atomic E-state index is -0.390. The van der Waals surface area contributed by atoms with Crippen LogP contribution in [0.5, 0.6) is 5.75 Å². The number of rotatable bonds is 5. The van der Waals surface area contributed by atoms with Gasteiger partial charge in [0.15, 0.2) is 0 Å². The molecule has 2 aromatic rings. The molecule has 0 aliphatic rings. The molecule has 2 aromatic carbocycles. The molecule has 106 valence electrons. The number of ether oxygens (including phenoxy) is 1. The zero-order chi connectivity index (χ0) is 14.5. The molecular formula is C16H17ClFNO. The Hall–Kier alpha value is -1.58. The predicted octanol–water partition coefficient (Wildman–Crippen LogP) is 4.34. The van der Waals surface area contributed by atoms with Gasteiger partial charge in [-0.25, -0.2) is 4.39 Å². The summed E-state index contributed by atoms with van der Waals surface area (Å²) in [5, 5.41) is 3.53. The van der Waals surface area contributed by atoms with Crippen molar-refractivity contribution >= 4 is 11.6 Å². The van der Waals surface area contributed by atoms with Gasteiger partial charge in [-0.05, 0) is 42.3 Å². The predicted molar refractivity (Wildman–Crippen MR) is 79.7 cm³/mol. The van der Waals surface area contributed by atoms with Crippen molar-refractivity contribution in [3.05, 3.63) is 64.4 Å². The summed E-state index contributed by atoms with van der Waals surface area (Å²) in [6, 6.07) is 12.9. The highest BCUT2D eigenvalue weighted by atomic mass is 35.5. The second-order valence-corrected chi connectivity index (χ2v) is 5.03. The Kier molecular flexibility index (Phi) is 4.99. The normalized spacial score (nSPS) is 12.2. The van der Waals surface area contributed by atoms with Crippen LogP contribution in [-0.2, 0) is 6.54 Å². The summed E-state index contributed by atoms with van der Waals surface area (Å²) in [7, 11) is 1.65. The summed E-state index contributed by atoms with van der Waals surface area (Å²) in [5.41, 5.74) is 2.12. The van der Waals surface area contributed by atoms with E-state index in [1.54, 1.807) is 19.2 Å². The number of methoxy groups -OCH3 is 1. The smallest absolute Gasteiger partial charge is 0.141 e. The van der Waals surface area contributed by atoms with Gasteiger partial charge in [-0.3, -0.25) is 0 Å². The zero-order valence-corrected chi connectivity index (χ0v) is 12.2. The van der Waals surface area contributed by atoms with Gasteiger partial charge in [0.25, 0.3) is 0 Å². The van der Waals surface area contributed by atoms with Crippen LogP contribution in [0.25, 0.3) is 0 Å². The highest BCUT2D eigenvalue weighted by Crippen LogP contribution is 2.19. The molecule has 1 N–H and O–H groups in total. The third-order valence-electron chi connectivity index (χ3n) is 3.21. The third kappa shape index (κ3) is 3.71. The van der Waals surface area contributed by atoms with Crippen LogP contribution in [0.2, 0.25) is 5.02 Å². The zero-order valence-electron chi connectivity index (χ0n) is 11.5. The average molecular weight is 294 g/mol. The van der Waals surface area contributed by atoms with E-state index >= 15 is 0 Å². The molecule has 0 unspecified atom stereocenters. The molecular weight excluding hydrogens is 277 g/mol. The highest BCUT2D eigenvalue weighted by molar-refractivity contribution is 6.30. The summed E-state index contributed by atoms with van der Waals surface area (Å²) < 4.78 is 18.2. The first kappa shape index (κ1) is 14.8. The van der Waals surface area contributed by atoms with Crippen LogP contribution in [0.1, 0.15) is 24.1 Å². The first-order chi connectivity index (χ1) is 9.60. The molecule has 0 aliphatic heterocycles. The largest absolute Gasteiger partial charge is 0.497 e. The first-order valence-corrected chi connectivity index (χ1v) is 6.79. The fourth-order valence-corrected chi connectivity index (χ4v) is 2.13. The lowest BCUT2D eigenvalue weighted by Gasteiger charge is -2.15. The van der Waals surface area contributed by atoms with Crippen molar-refractivity contribution in [2.45, 2.75) is 19.5 Å². The van der Waals surface area contributed by atoms with Gasteiger partial charge >= 0.3 is 0 Å². The van der Waals surface area contributed by atoms with E-state index in [9.17, 15) is 4.39 Å². The molecule has 0 spiro atoms. The number of halogens is 2. The van der Waals surface area contributed by atoms with E-state index in [0.717, 1.165) is 11.3 Å². The Labute approximate surface area is 123 Å². The van der Waals surface area contributed by atoms with Gasteiger partial charge in [-0.15, -0.1) is 0 Å². The van der Waals surface area contributed by atoms with E-state index in [0.29, 0.717) is 6.54 Å². The molecule has 20 heavy (non-hydrogen) atoms. The summed E-state index contributed by atoms with van der Waals surface area (Å²) in [6.07, 6.45) is 0. The van der Waals surface area contributed by atoms with E-state index in [4.69, 9.17) is 16.3 Å². The Morgan fingerprint density at radius 2 is 1.90 bits per heavy atom. The Morgan fingerprint density at radius 3 is 2.50 bits per heavy atom. The lowest BCUT2D eigenvalue weighted by Crippen LogP contribution is -2.18. The van der Waals surface area contributed by atoms with Crippen LogP contribution >= 0.6 is 11.6 Å². The Morgan fingerprint density at radius 1 is 1.20 bits per heavy atom. The van der Waals surface area contributed by atoms with Gasteiger partial charge in [0.2, 0.25) is 0 Å². The van der Waals surface area contributed by atoms with Crippen molar-refractivity contribution in [2.75, 3.05) is 7.11 Å². The molecule has 2 rings (SSSR count). The van der Waals surface area contributed by atoms with Crippen LogP contribution in [0.15, 0.2) is 42.5 Å². The fourth-order valence-electron chi connectivity index (χ4n) is 1.93. The summed E-state index contributed by atoms with van der Waals surface area (Å²) >= 11 is 5.76. The molecule has 0 amide bonds. The second kappa shape index (κ2) is 6.73. The van der Waals surface area contributed by atoms with Crippen molar-refractivity contribution in [1.29, 1.82) is 0 Å². The van der Waals surface area contributed by atoms with Crippen LogP contribution in [0.3, 0.4) is 0 Å². The second-order valence-electron chi connectivity index (χ2n) is 4.62. The summed E-state index contributed by atoms with van der Waals surface area (Å²) in [6.45, 7) is 2.71. The maximum Gasteiger partial charge on any atom is 0.141 e. The fraction of sp³-hybridized carbons (Fsp3) is 0.250. The minimum Gasteiger partial charge on any atom is -0.497 e. The van der Waals surface area contributed by atoms with E-state index in [2.05, 4.69) is 12.2 Å². The van der Waals surface area contributed by atoms with E-state index in [-0.39, 0.29) is 11.1 Å². The Bertz CT molecular complexity index is 571. The standard InChI is InChI=1S/C16H17ClFNO/c1-11(13-4-6-14(20-2)7-5-13)19-10-12-3-8-16(18)15(17)9-12/h3-9,11,19H,10H2,1-2H3/t11-/m0/s1. The third-order valence-corrected chi connectivity index (χ3v) is 3.50. The number of hydrogen-bond donors (Lipinski definition) is 1. The van der Waals surface area contributed by atoms with Crippen molar-refractivity contribution in [3.8, 4) is 5.75 Å². The van der Waals surface area contributed by atoms with Gasteiger partial charge in [0, 0.05) is 12.6 Å². The molecule has 4 heteroatoms. The topological polar surface area (TPSA) is 21.3 Å². The summed E-state index contributed by atoms with van der Waals surface area (Å²) in [4.78, 5) is 0. The van der Waals surface area contributed by atoms with Gasteiger partial charge in [0.05, 0.1) is 12.1 Å². The minimum absolute atomic E-state index is 0.154. The molecule has 2 nitrogen and oxygen atoms in total. The van der Waals surface area contributed by atoms with Gasteiger partial charge in [-0.2, -0.15) is 0 Å². The summed E-state index contributed by atoms with van der Waals surface area (Å²) in [5.74, 6) is 0.449. The van der Waals surface area contributed by atoms with Gasteiger partial charge < -0.3 is 10.1 Å². The monoisotopic (exact) mass is 293 g/mol. The number of hydrogen-bond acceptors (Lipinski definition) is 2. The quantitative estimate of drug-likeness (QED) is 0.885. The highest BCUT2D eigenvalue weighted by Gasteiger charge is 2.06. The first-order valence-electron chi connectivity index (χ1n) is 6.41. The maximum atomic E-state index is 13.1. The molecule has 0 fully saturated rings. The molecule has 0 heterocycles. The lowest BCUT2D eigenvalue weighted by atomic mass is 10.1. The van der Waals surface area contributed by atoms with Crippen molar-refractivity contribution in [2.24, 2.45) is 0 Å². The molecule has 0 saturated heterocycles. The molecule has 0 saturated carbocycles. The molecule has 1 atom stereocenters. The van der Waals surface area contributed by atoms with Crippen molar-refractivity contribution in [3.63, 3.8) is 0 Å². The molecule has 0 aliphatic carbocycles. The van der Waals surface area contributed by atoms with Crippen LogP contribution < -0.4 is 10.1 Å². The van der Waals surface area contributed by atoms with Crippen molar-refractivity contribution < 1.29 is 9.13 Å². The van der Waals surface area contributed by atoms with Gasteiger partial charge in [-0.1, -0.05) is 29.8 Å². The lowest BCUT2D eigenvalue weighted by molar-refractivity contribution is 0.414.